The second-order valence-electron chi connectivity index (χ2n) is 7.00. The minimum atomic E-state index is -7.96. The van der Waals surface area contributed by atoms with E-state index >= 15 is 0 Å². The summed E-state index contributed by atoms with van der Waals surface area (Å²) in [6.45, 7) is 2.07. The van der Waals surface area contributed by atoms with Gasteiger partial charge in [-0.1, -0.05) is 31.2 Å². The first-order chi connectivity index (χ1) is 13.5. The fourth-order valence-corrected chi connectivity index (χ4v) is 2.55. The van der Waals surface area contributed by atoms with Crippen molar-refractivity contribution in [1.29, 1.82) is 0 Å². The molecule has 0 saturated carbocycles. The number of alkyl halides is 13. The van der Waals surface area contributed by atoms with Crippen LogP contribution < -0.4 is 0 Å². The van der Waals surface area contributed by atoms with Crippen LogP contribution in [0.3, 0.4) is 0 Å². The highest BCUT2D eigenvalue weighted by molar-refractivity contribution is 5.27. The largest absolute Gasteiger partial charge is 0.460 e. The van der Waals surface area contributed by atoms with Crippen molar-refractivity contribution in [3.05, 3.63) is 35.4 Å². The molecule has 14 heteroatoms. The topological polar surface area (TPSA) is 20.2 Å². The molecule has 1 aromatic rings. The summed E-state index contributed by atoms with van der Waals surface area (Å²) in [6.07, 6.45) is -9.76. The Bertz CT molecular complexity index is 763. The van der Waals surface area contributed by atoms with E-state index < -0.39 is 53.4 Å². The molecular weight excluding hydrogens is 467 g/mol. The van der Waals surface area contributed by atoms with Crippen molar-refractivity contribution in [2.45, 2.75) is 68.1 Å². The summed E-state index contributed by atoms with van der Waals surface area (Å²) in [5, 5.41) is 10.0. The molecule has 0 aliphatic rings. The molecule has 0 fully saturated rings. The zero-order valence-electron chi connectivity index (χ0n) is 15.6. The Morgan fingerprint density at radius 2 is 1.03 bits per heavy atom. The quantitative estimate of drug-likeness (QED) is 0.415. The third-order valence-corrected chi connectivity index (χ3v) is 4.55. The molecule has 1 aromatic carbocycles. The summed E-state index contributed by atoms with van der Waals surface area (Å²) in [5.41, 5.74) is -3.08. The molecule has 0 aliphatic carbocycles. The standard InChI is InChI=1S/C17H15F13O/c1-3-9-4-6-10(7-5-9)11(2,31)8-12(18,19)13(20,21)14(22,23)15(24,25)16(26,27)17(28,29)30/h4-7,31H,3,8H2,1-2H3. The first-order valence-electron chi connectivity index (χ1n) is 8.27. The second kappa shape index (κ2) is 7.69. The van der Waals surface area contributed by atoms with Gasteiger partial charge in [-0.3, -0.25) is 0 Å². The molecule has 0 aliphatic heterocycles. The van der Waals surface area contributed by atoms with Gasteiger partial charge in [-0.15, -0.1) is 0 Å². The maximum absolute atomic E-state index is 14.0. The lowest BCUT2D eigenvalue weighted by Crippen LogP contribution is -2.70. The monoisotopic (exact) mass is 482 g/mol. The van der Waals surface area contributed by atoms with Crippen LogP contribution in [0.5, 0.6) is 0 Å². The Labute approximate surface area is 166 Å². The number of aryl methyl sites for hydroxylation is 1. The predicted molar refractivity (Wildman–Crippen MR) is 80.8 cm³/mol. The number of hydrogen-bond acceptors (Lipinski definition) is 1. The second-order valence-corrected chi connectivity index (χ2v) is 7.00. The van der Waals surface area contributed by atoms with Crippen LogP contribution in [0, 0.1) is 0 Å². The Morgan fingerprint density at radius 1 is 0.645 bits per heavy atom. The van der Waals surface area contributed by atoms with Crippen LogP contribution >= 0.6 is 0 Å². The van der Waals surface area contributed by atoms with Crippen molar-refractivity contribution in [2.24, 2.45) is 0 Å². The molecule has 0 aromatic heterocycles. The Morgan fingerprint density at radius 3 is 1.39 bits per heavy atom. The molecule has 0 radical (unpaired) electrons. The predicted octanol–water partition coefficient (Wildman–Crippen LogP) is 6.59. The van der Waals surface area contributed by atoms with E-state index in [9.17, 15) is 62.2 Å². The molecule has 0 heterocycles. The van der Waals surface area contributed by atoms with E-state index in [-0.39, 0.29) is 0 Å². The lowest BCUT2D eigenvalue weighted by Gasteiger charge is -2.41. The van der Waals surface area contributed by atoms with Crippen LogP contribution in [0.25, 0.3) is 0 Å². The van der Waals surface area contributed by atoms with Gasteiger partial charge in [0.1, 0.15) is 0 Å². The molecule has 1 N–H and O–H groups in total. The number of halogens is 13. The minimum Gasteiger partial charge on any atom is -0.385 e. The maximum atomic E-state index is 14.0. The van der Waals surface area contributed by atoms with E-state index in [0.717, 1.165) is 12.1 Å². The normalized spacial score (nSPS) is 16.9. The summed E-state index contributed by atoms with van der Waals surface area (Å²) in [6, 6.07) is 4.31. The van der Waals surface area contributed by atoms with Crippen molar-refractivity contribution in [1.82, 2.24) is 0 Å². The van der Waals surface area contributed by atoms with Gasteiger partial charge < -0.3 is 5.11 Å². The van der Waals surface area contributed by atoms with E-state index in [1.807, 2.05) is 0 Å². The number of benzene rings is 1. The molecule has 0 amide bonds. The van der Waals surface area contributed by atoms with Crippen LogP contribution in [0.1, 0.15) is 31.4 Å². The Balaban J connectivity index is 3.41. The summed E-state index contributed by atoms with van der Waals surface area (Å²) in [5.74, 6) is -37.4. The van der Waals surface area contributed by atoms with Crippen molar-refractivity contribution < 1.29 is 62.2 Å². The molecule has 0 saturated heterocycles. The van der Waals surface area contributed by atoms with Gasteiger partial charge in [0.2, 0.25) is 0 Å². The van der Waals surface area contributed by atoms with Crippen LogP contribution in [0.4, 0.5) is 57.1 Å². The Kier molecular flexibility index (Phi) is 6.78. The first-order valence-corrected chi connectivity index (χ1v) is 8.27. The fraction of sp³-hybridized carbons (Fsp3) is 0.647. The summed E-state index contributed by atoms with van der Waals surface area (Å²) < 4.78 is 171. The molecule has 1 unspecified atom stereocenters. The van der Waals surface area contributed by atoms with Crippen LogP contribution in [0.2, 0.25) is 0 Å². The molecule has 1 rings (SSSR count). The first kappa shape index (κ1) is 27.3. The van der Waals surface area contributed by atoms with Gasteiger partial charge >= 0.3 is 35.8 Å². The van der Waals surface area contributed by atoms with Gasteiger partial charge in [-0.05, 0) is 24.5 Å². The zero-order valence-corrected chi connectivity index (χ0v) is 15.6. The number of aliphatic hydroxyl groups is 1. The zero-order chi connectivity index (χ0) is 24.9. The lowest BCUT2D eigenvalue weighted by atomic mass is 9.84. The summed E-state index contributed by atoms with van der Waals surface area (Å²) >= 11 is 0. The van der Waals surface area contributed by atoms with Gasteiger partial charge in [0.25, 0.3) is 0 Å². The SMILES string of the molecule is CCc1ccc(C(C)(O)CC(F)(F)C(F)(F)C(F)(F)C(F)(F)C(F)(F)C(F)(F)F)cc1. The van der Waals surface area contributed by atoms with Gasteiger partial charge in [-0.25, -0.2) is 0 Å². The highest BCUT2D eigenvalue weighted by atomic mass is 19.4. The van der Waals surface area contributed by atoms with Crippen molar-refractivity contribution in [2.75, 3.05) is 0 Å². The molecule has 0 bridgehead atoms. The third kappa shape index (κ3) is 4.31. The minimum absolute atomic E-state index is 0.408. The van der Waals surface area contributed by atoms with E-state index in [0.29, 0.717) is 18.9 Å². The van der Waals surface area contributed by atoms with Crippen LogP contribution in [0.15, 0.2) is 24.3 Å². The highest BCUT2D eigenvalue weighted by Gasteiger charge is 2.90. The van der Waals surface area contributed by atoms with Crippen LogP contribution in [-0.2, 0) is 12.0 Å². The maximum Gasteiger partial charge on any atom is 0.460 e. The lowest BCUT2D eigenvalue weighted by molar-refractivity contribution is -0.441. The van der Waals surface area contributed by atoms with Gasteiger partial charge in [0.05, 0.1) is 12.0 Å². The van der Waals surface area contributed by atoms with E-state index in [1.165, 1.54) is 12.1 Å². The summed E-state index contributed by atoms with van der Waals surface area (Å²) in [4.78, 5) is 0. The van der Waals surface area contributed by atoms with Gasteiger partial charge in [0, 0.05) is 0 Å². The van der Waals surface area contributed by atoms with Crippen molar-refractivity contribution >= 4 is 0 Å². The average Bonchev–Trinajstić information content (AvgIpc) is 2.59. The molecule has 0 spiro atoms. The number of rotatable bonds is 8. The van der Waals surface area contributed by atoms with Crippen molar-refractivity contribution in [3.8, 4) is 0 Å². The molecule has 180 valence electrons. The van der Waals surface area contributed by atoms with E-state index in [4.69, 9.17) is 0 Å². The Hall–Kier alpha value is -1.73. The fourth-order valence-electron chi connectivity index (χ4n) is 2.55. The molecular formula is C17H15F13O. The van der Waals surface area contributed by atoms with Crippen molar-refractivity contribution in [3.63, 3.8) is 0 Å². The summed E-state index contributed by atoms with van der Waals surface area (Å²) in [7, 11) is 0. The molecule has 1 nitrogen and oxygen atoms in total. The van der Waals surface area contributed by atoms with E-state index in [2.05, 4.69) is 0 Å². The van der Waals surface area contributed by atoms with Crippen LogP contribution in [-0.4, -0.2) is 40.9 Å². The molecule has 31 heavy (non-hydrogen) atoms. The smallest absolute Gasteiger partial charge is 0.385 e. The van der Waals surface area contributed by atoms with Gasteiger partial charge in [-0.2, -0.15) is 57.1 Å². The average molecular weight is 482 g/mol. The van der Waals surface area contributed by atoms with E-state index in [1.54, 1.807) is 6.92 Å². The molecule has 1 atom stereocenters. The highest BCUT2D eigenvalue weighted by Crippen LogP contribution is 2.61. The number of hydrogen-bond donors (Lipinski definition) is 1. The third-order valence-electron chi connectivity index (χ3n) is 4.55. The van der Waals surface area contributed by atoms with Gasteiger partial charge in [0.15, 0.2) is 0 Å².